The molecule has 0 bridgehead atoms. The van der Waals surface area contributed by atoms with Crippen LogP contribution in [0.2, 0.25) is 0 Å². The molecule has 0 aliphatic carbocycles. The van der Waals surface area contributed by atoms with Gasteiger partial charge in [0.25, 0.3) is 15.9 Å². The highest BCUT2D eigenvalue weighted by Gasteiger charge is 2.23. The average Bonchev–Trinajstić information content (AvgIpc) is 2.86. The molecule has 1 aromatic heterocycles. The van der Waals surface area contributed by atoms with Gasteiger partial charge >= 0.3 is 0 Å². The van der Waals surface area contributed by atoms with Crippen molar-refractivity contribution in [2.24, 2.45) is 0 Å². The lowest BCUT2D eigenvalue weighted by molar-refractivity contribution is 0.102. The smallest absolute Gasteiger partial charge is 0.265 e. The number of nitrogens with one attached hydrogen (secondary N) is 2. The Hall–Kier alpha value is -3.63. The average molecular weight is 483 g/mol. The highest BCUT2D eigenvalue weighted by Crippen LogP contribution is 2.29. The van der Waals surface area contributed by atoms with Crippen molar-refractivity contribution in [1.29, 1.82) is 0 Å². The molecule has 4 rings (SSSR count). The van der Waals surface area contributed by atoms with Crippen LogP contribution in [0, 0.1) is 6.92 Å². The van der Waals surface area contributed by atoms with Crippen LogP contribution in [0.5, 0.6) is 5.75 Å². The predicted molar refractivity (Wildman–Crippen MR) is 130 cm³/mol. The van der Waals surface area contributed by atoms with E-state index < -0.39 is 15.9 Å². The Labute approximate surface area is 198 Å². The van der Waals surface area contributed by atoms with Crippen LogP contribution in [-0.2, 0) is 14.8 Å². The van der Waals surface area contributed by atoms with Crippen molar-refractivity contribution < 1.29 is 22.7 Å². The normalized spacial score (nSPS) is 13.9. The number of rotatable bonds is 7. The quantitative estimate of drug-likeness (QED) is 0.532. The molecule has 178 valence electrons. The number of sulfonamides is 1. The Bertz CT molecular complexity index is 1270. The van der Waals surface area contributed by atoms with E-state index in [1.165, 1.54) is 25.3 Å². The Morgan fingerprint density at radius 2 is 1.82 bits per heavy atom. The monoisotopic (exact) mass is 482 g/mol. The number of pyridine rings is 1. The van der Waals surface area contributed by atoms with Gasteiger partial charge in [0.15, 0.2) is 5.82 Å². The number of carbonyl (C=O) groups is 1. The van der Waals surface area contributed by atoms with Crippen molar-refractivity contribution in [3.8, 4) is 5.75 Å². The molecule has 0 unspecified atom stereocenters. The van der Waals surface area contributed by atoms with Gasteiger partial charge in [0.1, 0.15) is 10.6 Å². The zero-order chi connectivity index (χ0) is 24.1. The summed E-state index contributed by atoms with van der Waals surface area (Å²) in [6, 6.07) is 14.7. The summed E-state index contributed by atoms with van der Waals surface area (Å²) in [5.41, 5.74) is 2.12. The summed E-state index contributed by atoms with van der Waals surface area (Å²) in [5.74, 6) is 0.310. The molecule has 2 aromatic carbocycles. The molecule has 34 heavy (non-hydrogen) atoms. The fourth-order valence-corrected chi connectivity index (χ4v) is 4.83. The number of benzene rings is 2. The van der Waals surface area contributed by atoms with Crippen LogP contribution in [0.1, 0.15) is 15.9 Å². The fourth-order valence-electron chi connectivity index (χ4n) is 3.58. The second-order valence-electron chi connectivity index (χ2n) is 7.77. The first-order chi connectivity index (χ1) is 16.4. The molecule has 2 N–H and O–H groups in total. The van der Waals surface area contributed by atoms with Crippen LogP contribution in [0.25, 0.3) is 0 Å². The van der Waals surface area contributed by atoms with Crippen molar-refractivity contribution in [2.45, 2.75) is 11.8 Å². The first kappa shape index (κ1) is 23.5. The molecule has 9 nitrogen and oxygen atoms in total. The first-order valence-corrected chi connectivity index (χ1v) is 12.2. The highest BCUT2D eigenvalue weighted by atomic mass is 32.2. The Morgan fingerprint density at radius 3 is 2.53 bits per heavy atom. The van der Waals surface area contributed by atoms with Gasteiger partial charge in [-0.2, -0.15) is 0 Å². The molecular weight excluding hydrogens is 456 g/mol. The number of hydrogen-bond acceptors (Lipinski definition) is 7. The van der Waals surface area contributed by atoms with Gasteiger partial charge in [-0.1, -0.05) is 17.7 Å². The number of amides is 1. The molecule has 0 spiro atoms. The van der Waals surface area contributed by atoms with Gasteiger partial charge < -0.3 is 19.7 Å². The minimum absolute atomic E-state index is 0.131. The van der Waals surface area contributed by atoms with E-state index in [0.717, 1.165) is 5.56 Å². The third-order valence-corrected chi connectivity index (χ3v) is 6.77. The lowest BCUT2D eigenvalue weighted by Gasteiger charge is -2.29. The van der Waals surface area contributed by atoms with Crippen molar-refractivity contribution in [3.63, 3.8) is 0 Å². The second kappa shape index (κ2) is 10.1. The molecule has 2 heterocycles. The van der Waals surface area contributed by atoms with Crippen molar-refractivity contribution in [3.05, 3.63) is 71.9 Å². The van der Waals surface area contributed by atoms with Crippen LogP contribution in [0.4, 0.5) is 17.2 Å². The molecular formula is C24H26N4O5S. The summed E-state index contributed by atoms with van der Waals surface area (Å²) in [4.78, 5) is 19.4. The molecule has 1 fully saturated rings. The van der Waals surface area contributed by atoms with E-state index in [9.17, 15) is 13.2 Å². The lowest BCUT2D eigenvalue weighted by Crippen LogP contribution is -2.37. The molecule has 1 saturated heterocycles. The number of methoxy groups -OCH3 is 1. The largest absolute Gasteiger partial charge is 0.495 e. The number of anilines is 3. The lowest BCUT2D eigenvalue weighted by atomic mass is 10.2. The van der Waals surface area contributed by atoms with Gasteiger partial charge in [0.05, 0.1) is 26.0 Å². The number of aromatic nitrogens is 1. The number of morpholine rings is 1. The molecule has 1 amide bonds. The van der Waals surface area contributed by atoms with E-state index >= 15 is 0 Å². The number of nitrogens with zero attached hydrogens (tertiary/aromatic N) is 2. The van der Waals surface area contributed by atoms with E-state index in [0.29, 0.717) is 43.5 Å². The number of ether oxygens (including phenoxy) is 2. The Morgan fingerprint density at radius 1 is 1.09 bits per heavy atom. The van der Waals surface area contributed by atoms with Gasteiger partial charge in [-0.15, -0.1) is 0 Å². The molecule has 3 aromatic rings. The topological polar surface area (TPSA) is 110 Å². The zero-order valence-electron chi connectivity index (χ0n) is 18.9. The summed E-state index contributed by atoms with van der Waals surface area (Å²) in [5, 5.41) is 2.86. The maximum Gasteiger partial charge on any atom is 0.265 e. The van der Waals surface area contributed by atoms with E-state index in [4.69, 9.17) is 9.47 Å². The van der Waals surface area contributed by atoms with E-state index in [1.54, 1.807) is 42.6 Å². The van der Waals surface area contributed by atoms with Gasteiger partial charge in [-0.05, 0) is 49.4 Å². The summed E-state index contributed by atoms with van der Waals surface area (Å²) < 4.78 is 39.4. The van der Waals surface area contributed by atoms with E-state index in [-0.39, 0.29) is 16.2 Å². The molecule has 0 saturated carbocycles. The first-order valence-electron chi connectivity index (χ1n) is 10.7. The number of carbonyl (C=O) groups excluding carboxylic acids is 1. The second-order valence-corrected chi connectivity index (χ2v) is 9.42. The van der Waals surface area contributed by atoms with Crippen LogP contribution >= 0.6 is 0 Å². The Balaban J connectivity index is 1.60. The van der Waals surface area contributed by atoms with Gasteiger partial charge in [0.2, 0.25) is 0 Å². The minimum atomic E-state index is -4.01. The zero-order valence-corrected chi connectivity index (χ0v) is 19.8. The molecule has 0 atom stereocenters. The van der Waals surface area contributed by atoms with Crippen molar-refractivity contribution in [1.82, 2.24) is 4.98 Å². The SMILES string of the molecule is COc1ccc(C(=O)Nc2cccnc2N2CCOCC2)cc1S(=O)(=O)Nc1ccc(C)cc1. The molecule has 1 aliphatic heterocycles. The van der Waals surface area contributed by atoms with Crippen molar-refractivity contribution >= 4 is 33.1 Å². The van der Waals surface area contributed by atoms with Crippen LogP contribution in [0.15, 0.2) is 65.7 Å². The maximum atomic E-state index is 13.1. The van der Waals surface area contributed by atoms with Gasteiger partial charge in [0, 0.05) is 30.5 Å². The van der Waals surface area contributed by atoms with Gasteiger partial charge in [-0.25, -0.2) is 13.4 Å². The van der Waals surface area contributed by atoms with Gasteiger partial charge in [-0.3, -0.25) is 9.52 Å². The summed E-state index contributed by atoms with van der Waals surface area (Å²) >= 11 is 0. The van der Waals surface area contributed by atoms with Crippen LogP contribution in [-0.4, -0.2) is 52.7 Å². The highest BCUT2D eigenvalue weighted by molar-refractivity contribution is 7.92. The fraction of sp³-hybridized carbons (Fsp3) is 0.250. The minimum Gasteiger partial charge on any atom is -0.495 e. The van der Waals surface area contributed by atoms with Crippen molar-refractivity contribution in [2.75, 3.05) is 48.4 Å². The summed E-state index contributed by atoms with van der Waals surface area (Å²) in [7, 11) is -2.63. The van der Waals surface area contributed by atoms with E-state index in [2.05, 4.69) is 15.0 Å². The molecule has 1 aliphatic rings. The van der Waals surface area contributed by atoms with Crippen LogP contribution < -0.4 is 19.7 Å². The molecule has 10 heteroatoms. The third kappa shape index (κ3) is 5.29. The summed E-state index contributed by atoms with van der Waals surface area (Å²) in [6.07, 6.45) is 1.66. The summed E-state index contributed by atoms with van der Waals surface area (Å²) in [6.45, 7) is 4.40. The maximum absolute atomic E-state index is 13.1. The number of hydrogen-bond donors (Lipinski definition) is 2. The standard InChI is InChI=1S/C24H26N4O5S/c1-17-5-8-19(9-6-17)27-34(30,31)22-16-18(7-10-21(22)32-2)24(29)26-20-4-3-11-25-23(20)28-12-14-33-15-13-28/h3-11,16,27H,12-15H2,1-2H3,(H,26,29). The van der Waals surface area contributed by atoms with E-state index in [1.807, 2.05) is 11.8 Å². The Kier molecular flexibility index (Phi) is 6.99. The third-order valence-electron chi connectivity index (χ3n) is 5.36. The van der Waals surface area contributed by atoms with Crippen LogP contribution in [0.3, 0.4) is 0 Å². The number of aryl methyl sites for hydroxylation is 1. The predicted octanol–water partition coefficient (Wildman–Crippen LogP) is 3.29. The molecule has 0 radical (unpaired) electrons.